The first-order valence-corrected chi connectivity index (χ1v) is 5.78. The zero-order valence-corrected chi connectivity index (χ0v) is 10.2. The van der Waals surface area contributed by atoms with E-state index in [1.54, 1.807) is 26.2 Å². The van der Waals surface area contributed by atoms with Gasteiger partial charge in [-0.25, -0.2) is 9.78 Å². The molecule has 6 heteroatoms. The first-order chi connectivity index (χ1) is 7.41. The molecule has 1 rings (SSSR count). The lowest BCUT2D eigenvalue weighted by Gasteiger charge is -2.19. The number of nitrogens with zero attached hydrogens (tertiary/aromatic N) is 1. The highest BCUT2D eigenvalue weighted by Gasteiger charge is 2.27. The first-order valence-electron chi connectivity index (χ1n) is 4.90. The highest BCUT2D eigenvalue weighted by Crippen LogP contribution is 2.23. The van der Waals surface area contributed by atoms with E-state index in [0.29, 0.717) is 5.01 Å². The second-order valence-electron chi connectivity index (χ2n) is 3.63. The summed E-state index contributed by atoms with van der Waals surface area (Å²) in [6.45, 7) is 4.97. The number of thiazole rings is 1. The van der Waals surface area contributed by atoms with Crippen LogP contribution in [-0.4, -0.2) is 33.4 Å². The summed E-state index contributed by atoms with van der Waals surface area (Å²) in [4.78, 5) is 15.1. The third-order valence-electron chi connectivity index (χ3n) is 2.12. The Hall–Kier alpha value is -0.980. The Morgan fingerprint density at radius 3 is 2.56 bits per heavy atom. The Morgan fingerprint density at radius 2 is 2.19 bits per heavy atom. The number of aliphatic hydroxyl groups is 1. The van der Waals surface area contributed by atoms with E-state index in [4.69, 9.17) is 9.84 Å². The molecule has 0 spiro atoms. The molecule has 0 fully saturated rings. The summed E-state index contributed by atoms with van der Waals surface area (Å²) < 4.78 is 5.27. The highest BCUT2D eigenvalue weighted by molar-refractivity contribution is 7.09. The standard InChI is InChI=1S/C10H15NO4S/c1-5-4-16-9(11-5)8(10(13)14)15-7(3)6(2)12/h4,6-8,12H,1-3H3,(H,13,14). The van der Waals surface area contributed by atoms with E-state index in [0.717, 1.165) is 5.69 Å². The van der Waals surface area contributed by atoms with Crippen molar-refractivity contribution in [3.05, 3.63) is 16.1 Å². The van der Waals surface area contributed by atoms with Crippen molar-refractivity contribution in [2.75, 3.05) is 0 Å². The van der Waals surface area contributed by atoms with Gasteiger partial charge in [0.15, 0.2) is 0 Å². The lowest BCUT2D eigenvalue weighted by atomic mass is 10.2. The van der Waals surface area contributed by atoms with Gasteiger partial charge < -0.3 is 14.9 Å². The smallest absolute Gasteiger partial charge is 0.340 e. The van der Waals surface area contributed by atoms with Crippen molar-refractivity contribution >= 4 is 17.3 Å². The van der Waals surface area contributed by atoms with Crippen LogP contribution >= 0.6 is 11.3 Å². The van der Waals surface area contributed by atoms with E-state index in [1.807, 2.05) is 0 Å². The second kappa shape index (κ2) is 5.38. The predicted molar refractivity (Wildman–Crippen MR) is 59.5 cm³/mol. The number of aliphatic hydroxyl groups excluding tert-OH is 1. The van der Waals surface area contributed by atoms with E-state index < -0.39 is 24.3 Å². The predicted octanol–water partition coefficient (Wildman–Crippen LogP) is 1.36. The van der Waals surface area contributed by atoms with E-state index >= 15 is 0 Å². The Labute approximate surface area is 97.7 Å². The first kappa shape index (κ1) is 13.1. The molecule has 0 bridgehead atoms. The third-order valence-corrected chi connectivity index (χ3v) is 3.12. The van der Waals surface area contributed by atoms with Gasteiger partial charge in [-0.15, -0.1) is 11.3 Å². The van der Waals surface area contributed by atoms with Gasteiger partial charge in [-0.2, -0.15) is 0 Å². The van der Waals surface area contributed by atoms with Crippen molar-refractivity contribution in [3.8, 4) is 0 Å². The minimum atomic E-state index is -1.11. The van der Waals surface area contributed by atoms with Crippen LogP contribution in [0.3, 0.4) is 0 Å². The quantitative estimate of drug-likeness (QED) is 0.818. The van der Waals surface area contributed by atoms with Crippen LogP contribution in [0.25, 0.3) is 0 Å². The van der Waals surface area contributed by atoms with Crippen LogP contribution in [0.1, 0.15) is 30.7 Å². The Balaban J connectivity index is 2.80. The summed E-state index contributed by atoms with van der Waals surface area (Å²) in [6.07, 6.45) is -2.38. The van der Waals surface area contributed by atoms with Crippen LogP contribution in [-0.2, 0) is 9.53 Å². The van der Waals surface area contributed by atoms with Crippen LogP contribution in [0, 0.1) is 6.92 Å². The maximum absolute atomic E-state index is 11.0. The minimum Gasteiger partial charge on any atom is -0.479 e. The highest BCUT2D eigenvalue weighted by atomic mass is 32.1. The molecule has 0 aliphatic carbocycles. The molecular formula is C10H15NO4S. The van der Waals surface area contributed by atoms with Crippen LogP contribution in [0.15, 0.2) is 5.38 Å². The van der Waals surface area contributed by atoms with E-state index in [9.17, 15) is 9.90 Å². The number of hydrogen-bond acceptors (Lipinski definition) is 5. The Bertz CT molecular complexity index is 363. The molecule has 3 atom stereocenters. The molecule has 0 amide bonds. The molecule has 3 unspecified atom stereocenters. The molecule has 0 aromatic carbocycles. The monoisotopic (exact) mass is 245 g/mol. The van der Waals surface area contributed by atoms with E-state index in [1.165, 1.54) is 11.3 Å². The van der Waals surface area contributed by atoms with Crippen molar-refractivity contribution < 1.29 is 19.7 Å². The molecular weight excluding hydrogens is 230 g/mol. The van der Waals surface area contributed by atoms with Gasteiger partial charge in [0.05, 0.1) is 12.2 Å². The van der Waals surface area contributed by atoms with Crippen LogP contribution in [0.2, 0.25) is 0 Å². The van der Waals surface area contributed by atoms with Crippen molar-refractivity contribution in [1.82, 2.24) is 4.98 Å². The minimum absolute atomic E-state index is 0.400. The maximum atomic E-state index is 11.0. The van der Waals surface area contributed by atoms with Gasteiger partial charge in [-0.3, -0.25) is 0 Å². The van der Waals surface area contributed by atoms with Crippen molar-refractivity contribution in [2.24, 2.45) is 0 Å². The summed E-state index contributed by atoms with van der Waals surface area (Å²) in [5.74, 6) is -1.10. The van der Waals surface area contributed by atoms with Gasteiger partial charge in [0.1, 0.15) is 5.01 Å². The Morgan fingerprint density at radius 1 is 1.56 bits per heavy atom. The van der Waals surface area contributed by atoms with Gasteiger partial charge in [0.2, 0.25) is 6.10 Å². The molecule has 90 valence electrons. The van der Waals surface area contributed by atoms with Crippen molar-refractivity contribution in [2.45, 2.75) is 39.1 Å². The van der Waals surface area contributed by atoms with E-state index in [-0.39, 0.29) is 0 Å². The van der Waals surface area contributed by atoms with Crippen molar-refractivity contribution in [3.63, 3.8) is 0 Å². The molecule has 2 N–H and O–H groups in total. The third kappa shape index (κ3) is 3.26. The molecule has 0 aliphatic heterocycles. The van der Waals surface area contributed by atoms with Gasteiger partial charge in [0.25, 0.3) is 0 Å². The van der Waals surface area contributed by atoms with Crippen LogP contribution < -0.4 is 0 Å². The largest absolute Gasteiger partial charge is 0.479 e. The van der Waals surface area contributed by atoms with Crippen molar-refractivity contribution in [1.29, 1.82) is 0 Å². The average molecular weight is 245 g/mol. The molecule has 1 aromatic rings. The molecule has 1 aromatic heterocycles. The van der Waals surface area contributed by atoms with Gasteiger partial charge in [-0.05, 0) is 20.8 Å². The number of carbonyl (C=O) groups is 1. The topological polar surface area (TPSA) is 79.7 Å². The SMILES string of the molecule is Cc1csc(C(OC(C)C(C)O)C(=O)O)n1. The summed E-state index contributed by atoms with van der Waals surface area (Å²) in [5.41, 5.74) is 0.763. The summed E-state index contributed by atoms with van der Waals surface area (Å²) in [6, 6.07) is 0. The summed E-state index contributed by atoms with van der Waals surface area (Å²) in [7, 11) is 0. The van der Waals surface area contributed by atoms with Crippen LogP contribution in [0.4, 0.5) is 0 Å². The molecule has 0 aliphatic rings. The molecule has 0 radical (unpaired) electrons. The number of carboxylic acid groups (broad SMARTS) is 1. The normalized spacial score (nSPS) is 16.8. The number of rotatable bonds is 5. The fraction of sp³-hybridized carbons (Fsp3) is 0.600. The molecule has 1 heterocycles. The lowest BCUT2D eigenvalue weighted by molar-refractivity contribution is -0.158. The molecule has 5 nitrogen and oxygen atoms in total. The number of hydrogen-bond donors (Lipinski definition) is 2. The zero-order valence-electron chi connectivity index (χ0n) is 9.38. The molecule has 0 saturated heterocycles. The maximum Gasteiger partial charge on any atom is 0.340 e. The molecule has 0 saturated carbocycles. The Kier molecular flexibility index (Phi) is 4.40. The van der Waals surface area contributed by atoms with Gasteiger partial charge in [0, 0.05) is 11.1 Å². The fourth-order valence-electron chi connectivity index (χ4n) is 1.04. The number of aromatic nitrogens is 1. The number of aliphatic carboxylic acids is 1. The average Bonchev–Trinajstić information content (AvgIpc) is 2.59. The summed E-state index contributed by atoms with van der Waals surface area (Å²) in [5, 5.41) is 20.5. The van der Waals surface area contributed by atoms with Gasteiger partial charge in [-0.1, -0.05) is 0 Å². The lowest BCUT2D eigenvalue weighted by Crippen LogP contribution is -2.28. The molecule has 16 heavy (non-hydrogen) atoms. The van der Waals surface area contributed by atoms with Crippen LogP contribution in [0.5, 0.6) is 0 Å². The number of carboxylic acids is 1. The number of aryl methyl sites for hydroxylation is 1. The number of ether oxygens (including phenoxy) is 1. The summed E-state index contributed by atoms with van der Waals surface area (Å²) >= 11 is 1.24. The fourth-order valence-corrected chi connectivity index (χ4v) is 1.86. The zero-order chi connectivity index (χ0) is 12.3. The van der Waals surface area contributed by atoms with E-state index in [2.05, 4.69) is 4.98 Å². The van der Waals surface area contributed by atoms with Gasteiger partial charge >= 0.3 is 5.97 Å². The second-order valence-corrected chi connectivity index (χ2v) is 4.52.